The Balaban J connectivity index is 2.51. The van der Waals surface area contributed by atoms with Crippen LogP contribution in [0.3, 0.4) is 0 Å². The van der Waals surface area contributed by atoms with E-state index in [1.807, 2.05) is 0 Å². The number of hydrogen-bond donors (Lipinski definition) is 1. The lowest BCUT2D eigenvalue weighted by Gasteiger charge is -2.01. The summed E-state index contributed by atoms with van der Waals surface area (Å²) in [6.45, 7) is 0. The lowest BCUT2D eigenvalue weighted by Crippen LogP contribution is -2.02. The third kappa shape index (κ3) is 3.68. The number of esters is 1. The van der Waals surface area contributed by atoms with Crippen molar-refractivity contribution in [2.24, 2.45) is 5.10 Å². The van der Waals surface area contributed by atoms with Gasteiger partial charge in [-0.05, 0) is 24.3 Å². The zero-order chi connectivity index (χ0) is 11.1. The highest BCUT2D eigenvalue weighted by molar-refractivity contribution is 6.23. The first-order valence-corrected chi connectivity index (χ1v) is 4.27. The Morgan fingerprint density at radius 1 is 1.33 bits per heavy atom. The number of carbonyl (C=O) groups excluding carboxylic acids is 1. The zero-order valence-electron chi connectivity index (χ0n) is 8.56. The normalized spacial score (nSPS) is 10.0. The van der Waals surface area contributed by atoms with Crippen molar-refractivity contribution in [1.29, 1.82) is 0 Å². The molecule has 80 valence electrons. The molecule has 0 amide bonds. The molecule has 0 aliphatic rings. The van der Waals surface area contributed by atoms with Crippen molar-refractivity contribution >= 4 is 17.9 Å². The number of hydrogen-bond acceptors (Lipinski definition) is 5. The maximum absolute atomic E-state index is 10.7. The maximum Gasteiger partial charge on any atom is 0.350 e. The van der Waals surface area contributed by atoms with Crippen LogP contribution in [0.25, 0.3) is 0 Å². The third-order valence-corrected chi connectivity index (χ3v) is 1.65. The molecule has 0 aliphatic carbocycles. The van der Waals surface area contributed by atoms with E-state index in [-0.39, 0.29) is 0 Å². The Bertz CT molecular complexity index is 346. The number of ether oxygens (including phenoxy) is 2. The lowest BCUT2D eigenvalue weighted by molar-refractivity contribution is -0.132. The van der Waals surface area contributed by atoms with Crippen molar-refractivity contribution in [2.45, 2.75) is 0 Å². The number of hydrazone groups is 1. The van der Waals surface area contributed by atoms with Gasteiger partial charge in [0.15, 0.2) is 0 Å². The van der Waals surface area contributed by atoms with Gasteiger partial charge in [0.25, 0.3) is 0 Å². The molecule has 1 aromatic carbocycles. The minimum atomic E-state index is -0.504. The summed E-state index contributed by atoms with van der Waals surface area (Å²) in [5.74, 6) is 0.258. The van der Waals surface area contributed by atoms with Gasteiger partial charge in [-0.15, -0.1) is 0 Å². The van der Waals surface area contributed by atoms with Crippen molar-refractivity contribution in [3.63, 3.8) is 0 Å². The average Bonchev–Trinajstić information content (AvgIpc) is 2.29. The Morgan fingerprint density at radius 2 is 2.00 bits per heavy atom. The molecule has 0 fully saturated rings. The van der Waals surface area contributed by atoms with Crippen LogP contribution in [0.1, 0.15) is 0 Å². The molecule has 0 radical (unpaired) electrons. The van der Waals surface area contributed by atoms with Crippen LogP contribution >= 0.6 is 0 Å². The van der Waals surface area contributed by atoms with E-state index in [0.29, 0.717) is 0 Å². The van der Waals surface area contributed by atoms with Crippen molar-refractivity contribution in [3.05, 3.63) is 24.3 Å². The summed E-state index contributed by atoms with van der Waals surface area (Å²) in [6, 6.07) is 7.15. The largest absolute Gasteiger partial charge is 0.497 e. The van der Waals surface area contributed by atoms with Gasteiger partial charge >= 0.3 is 5.97 Å². The van der Waals surface area contributed by atoms with E-state index in [9.17, 15) is 4.79 Å². The van der Waals surface area contributed by atoms with Crippen molar-refractivity contribution < 1.29 is 14.3 Å². The van der Waals surface area contributed by atoms with E-state index in [4.69, 9.17) is 4.74 Å². The fourth-order valence-corrected chi connectivity index (χ4v) is 0.878. The number of methoxy groups -OCH3 is 2. The Morgan fingerprint density at radius 3 is 2.53 bits per heavy atom. The van der Waals surface area contributed by atoms with Gasteiger partial charge in [-0.1, -0.05) is 0 Å². The van der Waals surface area contributed by atoms with Crippen molar-refractivity contribution in [1.82, 2.24) is 0 Å². The molecule has 1 aromatic rings. The molecule has 0 spiro atoms. The summed E-state index contributed by atoms with van der Waals surface area (Å²) < 4.78 is 9.37. The highest BCUT2D eigenvalue weighted by atomic mass is 16.5. The third-order valence-electron chi connectivity index (χ3n) is 1.65. The summed E-state index contributed by atoms with van der Waals surface area (Å²) in [7, 11) is 2.89. The first kappa shape index (κ1) is 11.0. The van der Waals surface area contributed by atoms with Crippen LogP contribution in [0.15, 0.2) is 29.4 Å². The smallest absolute Gasteiger partial charge is 0.350 e. The van der Waals surface area contributed by atoms with Crippen LogP contribution in [0.5, 0.6) is 5.75 Å². The molecule has 1 rings (SSSR count). The van der Waals surface area contributed by atoms with Crippen LogP contribution in [-0.4, -0.2) is 26.4 Å². The summed E-state index contributed by atoms with van der Waals surface area (Å²) >= 11 is 0. The Hall–Kier alpha value is -2.04. The average molecular weight is 208 g/mol. The van der Waals surface area contributed by atoms with E-state index < -0.39 is 5.97 Å². The minimum absolute atomic E-state index is 0.504. The summed E-state index contributed by atoms with van der Waals surface area (Å²) in [5.41, 5.74) is 3.43. The van der Waals surface area contributed by atoms with E-state index in [1.165, 1.54) is 7.11 Å². The van der Waals surface area contributed by atoms with Crippen LogP contribution in [0.4, 0.5) is 5.69 Å². The SMILES string of the molecule is COC(=O)/C=N\Nc1ccc(OC)cc1. The number of rotatable bonds is 4. The molecule has 0 aromatic heterocycles. The number of nitrogens with zero attached hydrogens (tertiary/aromatic N) is 1. The molecular weight excluding hydrogens is 196 g/mol. The van der Waals surface area contributed by atoms with Gasteiger partial charge in [0.2, 0.25) is 0 Å². The quantitative estimate of drug-likeness (QED) is 0.460. The van der Waals surface area contributed by atoms with Gasteiger partial charge in [0.1, 0.15) is 12.0 Å². The Labute approximate surface area is 87.7 Å². The predicted octanol–water partition coefficient (Wildman–Crippen LogP) is 1.27. The summed E-state index contributed by atoms with van der Waals surface area (Å²) in [5, 5.41) is 3.68. The van der Waals surface area contributed by atoms with E-state index in [1.54, 1.807) is 31.4 Å². The molecular formula is C10H12N2O3. The van der Waals surface area contributed by atoms with Gasteiger partial charge < -0.3 is 9.47 Å². The molecule has 0 saturated heterocycles. The summed E-state index contributed by atoms with van der Waals surface area (Å²) in [4.78, 5) is 10.7. The highest BCUT2D eigenvalue weighted by Gasteiger charge is 1.93. The van der Waals surface area contributed by atoms with Crippen LogP contribution < -0.4 is 10.2 Å². The monoisotopic (exact) mass is 208 g/mol. The second-order valence-electron chi connectivity index (χ2n) is 2.62. The van der Waals surface area contributed by atoms with Crippen LogP contribution in [-0.2, 0) is 9.53 Å². The highest BCUT2D eigenvalue weighted by Crippen LogP contribution is 2.14. The van der Waals surface area contributed by atoms with E-state index in [2.05, 4.69) is 15.3 Å². The minimum Gasteiger partial charge on any atom is -0.497 e. The van der Waals surface area contributed by atoms with Gasteiger partial charge in [-0.2, -0.15) is 5.10 Å². The van der Waals surface area contributed by atoms with Gasteiger partial charge in [-0.25, -0.2) is 4.79 Å². The second-order valence-corrected chi connectivity index (χ2v) is 2.62. The van der Waals surface area contributed by atoms with E-state index in [0.717, 1.165) is 17.7 Å². The molecule has 0 aliphatic heterocycles. The predicted molar refractivity (Wildman–Crippen MR) is 57.1 cm³/mol. The second kappa shape index (κ2) is 5.64. The first-order valence-electron chi connectivity index (χ1n) is 4.27. The van der Waals surface area contributed by atoms with E-state index >= 15 is 0 Å². The molecule has 0 heterocycles. The van der Waals surface area contributed by atoms with Crippen molar-refractivity contribution in [3.8, 4) is 5.75 Å². The molecule has 0 bridgehead atoms. The number of benzene rings is 1. The number of anilines is 1. The molecule has 0 saturated carbocycles. The van der Waals surface area contributed by atoms with Crippen molar-refractivity contribution in [2.75, 3.05) is 19.6 Å². The fraction of sp³-hybridized carbons (Fsp3) is 0.200. The molecule has 5 heteroatoms. The zero-order valence-corrected chi connectivity index (χ0v) is 8.56. The molecule has 1 N–H and O–H groups in total. The molecule has 15 heavy (non-hydrogen) atoms. The standard InChI is InChI=1S/C10H12N2O3/c1-14-9-5-3-8(4-6-9)12-11-7-10(13)15-2/h3-7,12H,1-2H3/b11-7-. The van der Waals surface area contributed by atoms with Crippen LogP contribution in [0.2, 0.25) is 0 Å². The fourth-order valence-electron chi connectivity index (χ4n) is 0.878. The number of nitrogens with one attached hydrogen (secondary N) is 1. The summed E-state index contributed by atoms with van der Waals surface area (Å²) in [6.07, 6.45) is 1.06. The topological polar surface area (TPSA) is 59.9 Å². The molecule has 5 nitrogen and oxygen atoms in total. The molecule has 0 unspecified atom stereocenters. The first-order chi connectivity index (χ1) is 7.26. The van der Waals surface area contributed by atoms with Crippen LogP contribution in [0, 0.1) is 0 Å². The maximum atomic E-state index is 10.7. The van der Waals surface area contributed by atoms with Gasteiger partial charge in [-0.3, -0.25) is 5.43 Å². The molecule has 0 atom stereocenters. The Kier molecular flexibility index (Phi) is 4.15. The lowest BCUT2D eigenvalue weighted by atomic mass is 10.3. The number of carbonyl (C=O) groups is 1. The van der Waals surface area contributed by atoms with Gasteiger partial charge in [0, 0.05) is 0 Å². The van der Waals surface area contributed by atoms with Gasteiger partial charge in [0.05, 0.1) is 19.9 Å².